The molecule has 1 atom stereocenters. The Morgan fingerprint density at radius 3 is 2.27 bits per heavy atom. The van der Waals surface area contributed by atoms with Crippen molar-refractivity contribution in [2.75, 3.05) is 13.6 Å². The monoisotopic (exact) mass is 305 g/mol. The van der Waals surface area contributed by atoms with Crippen LogP contribution in [0.1, 0.15) is 44.4 Å². The normalized spacial score (nSPS) is 12.0. The Labute approximate surface area is 132 Å². The molecule has 122 valence electrons. The van der Waals surface area contributed by atoms with E-state index in [0.717, 1.165) is 18.4 Å². The van der Waals surface area contributed by atoms with E-state index in [1.807, 2.05) is 0 Å². The van der Waals surface area contributed by atoms with Crippen LogP contribution in [0.3, 0.4) is 0 Å². The first kappa shape index (κ1) is 18.2. The van der Waals surface area contributed by atoms with E-state index >= 15 is 0 Å². The summed E-state index contributed by atoms with van der Waals surface area (Å²) in [5.74, 6) is -0.00238. The van der Waals surface area contributed by atoms with Crippen LogP contribution in [-0.2, 0) is 11.2 Å². The molecule has 3 amide bonds. The Kier molecular flexibility index (Phi) is 7.60. The fourth-order valence-corrected chi connectivity index (χ4v) is 2.35. The van der Waals surface area contributed by atoms with E-state index in [4.69, 9.17) is 0 Å². The lowest BCUT2D eigenvalue weighted by atomic mass is 9.94. The van der Waals surface area contributed by atoms with E-state index in [-0.39, 0.29) is 18.5 Å². The van der Waals surface area contributed by atoms with Crippen molar-refractivity contribution in [3.05, 3.63) is 35.4 Å². The molecule has 0 unspecified atom stereocenters. The van der Waals surface area contributed by atoms with Crippen molar-refractivity contribution < 1.29 is 9.59 Å². The molecule has 0 bridgehead atoms. The number of urea groups is 1. The van der Waals surface area contributed by atoms with Gasteiger partial charge in [0.2, 0.25) is 5.91 Å². The Morgan fingerprint density at radius 2 is 1.77 bits per heavy atom. The van der Waals surface area contributed by atoms with Crippen molar-refractivity contribution >= 4 is 11.9 Å². The van der Waals surface area contributed by atoms with Gasteiger partial charge in [0.25, 0.3) is 0 Å². The van der Waals surface area contributed by atoms with Gasteiger partial charge >= 0.3 is 6.03 Å². The molecule has 1 aromatic carbocycles. The molecule has 0 radical (unpaired) electrons. The van der Waals surface area contributed by atoms with Crippen LogP contribution in [0.5, 0.6) is 0 Å². The standard InChI is InChI=1S/C17H27N3O2/c1-5-6-13-7-9-14(10-8-13)16(12(2)3)19-11-15(21)20-17(22)18-4/h7-10,12,16,19H,5-6,11H2,1-4H3,(H2,18,20,21,22)/t16-/m1/s1. The van der Waals surface area contributed by atoms with Crippen LogP contribution >= 0.6 is 0 Å². The maximum Gasteiger partial charge on any atom is 0.321 e. The highest BCUT2D eigenvalue weighted by Gasteiger charge is 2.17. The van der Waals surface area contributed by atoms with Gasteiger partial charge in [0.05, 0.1) is 6.54 Å². The second-order valence-corrected chi connectivity index (χ2v) is 5.72. The van der Waals surface area contributed by atoms with Crippen LogP contribution in [0.4, 0.5) is 4.79 Å². The summed E-state index contributed by atoms with van der Waals surface area (Å²) in [6.07, 6.45) is 2.21. The molecule has 0 aromatic heterocycles. The van der Waals surface area contributed by atoms with Gasteiger partial charge in [-0.3, -0.25) is 10.1 Å². The maximum atomic E-state index is 11.7. The smallest absolute Gasteiger partial charge is 0.321 e. The molecule has 0 spiro atoms. The second kappa shape index (κ2) is 9.20. The van der Waals surface area contributed by atoms with E-state index < -0.39 is 6.03 Å². The van der Waals surface area contributed by atoms with Crippen LogP contribution in [0, 0.1) is 5.92 Å². The van der Waals surface area contributed by atoms with Gasteiger partial charge in [-0.15, -0.1) is 0 Å². The zero-order valence-corrected chi connectivity index (χ0v) is 13.9. The van der Waals surface area contributed by atoms with Crippen LogP contribution < -0.4 is 16.0 Å². The Balaban J connectivity index is 2.65. The molecule has 1 aromatic rings. The average molecular weight is 305 g/mol. The third kappa shape index (κ3) is 5.85. The minimum absolute atomic E-state index is 0.0751. The minimum Gasteiger partial charge on any atom is -0.341 e. The van der Waals surface area contributed by atoms with Crippen LogP contribution in [0.2, 0.25) is 0 Å². The van der Waals surface area contributed by atoms with Gasteiger partial charge in [0, 0.05) is 13.1 Å². The van der Waals surface area contributed by atoms with Crippen molar-refractivity contribution in [3.63, 3.8) is 0 Å². The number of imide groups is 1. The number of carbonyl (C=O) groups is 2. The predicted molar refractivity (Wildman–Crippen MR) is 88.6 cm³/mol. The summed E-state index contributed by atoms with van der Waals surface area (Å²) in [5, 5.41) is 7.83. The lowest BCUT2D eigenvalue weighted by molar-refractivity contribution is -0.119. The zero-order valence-electron chi connectivity index (χ0n) is 13.9. The molecule has 0 aliphatic heterocycles. The lowest BCUT2D eigenvalue weighted by Gasteiger charge is -2.23. The SMILES string of the molecule is CCCc1ccc([C@H](NCC(=O)NC(=O)NC)C(C)C)cc1. The van der Waals surface area contributed by atoms with Gasteiger partial charge in [-0.25, -0.2) is 4.79 Å². The largest absolute Gasteiger partial charge is 0.341 e. The molecule has 1 rings (SSSR count). The van der Waals surface area contributed by atoms with Crippen molar-refractivity contribution in [2.45, 2.75) is 39.7 Å². The fraction of sp³-hybridized carbons (Fsp3) is 0.529. The van der Waals surface area contributed by atoms with Gasteiger partial charge in [0.1, 0.15) is 0 Å². The number of nitrogens with one attached hydrogen (secondary N) is 3. The van der Waals surface area contributed by atoms with E-state index in [2.05, 4.69) is 61.0 Å². The highest BCUT2D eigenvalue weighted by atomic mass is 16.2. The Hall–Kier alpha value is -1.88. The fourth-order valence-electron chi connectivity index (χ4n) is 2.35. The summed E-state index contributed by atoms with van der Waals surface area (Å²) in [7, 11) is 1.48. The number of rotatable bonds is 7. The summed E-state index contributed by atoms with van der Waals surface area (Å²) in [6, 6.07) is 8.09. The minimum atomic E-state index is -0.489. The highest BCUT2D eigenvalue weighted by Crippen LogP contribution is 2.22. The van der Waals surface area contributed by atoms with Gasteiger partial charge in [-0.1, -0.05) is 51.5 Å². The molecule has 0 heterocycles. The summed E-state index contributed by atoms with van der Waals surface area (Å²) in [5.41, 5.74) is 2.48. The number of amides is 3. The number of hydrogen-bond donors (Lipinski definition) is 3. The lowest BCUT2D eigenvalue weighted by Crippen LogP contribution is -2.43. The summed E-state index contributed by atoms with van der Waals surface area (Å²) >= 11 is 0. The molecule has 0 saturated carbocycles. The molecule has 5 nitrogen and oxygen atoms in total. The van der Waals surface area contributed by atoms with E-state index in [1.54, 1.807) is 0 Å². The molecule has 3 N–H and O–H groups in total. The Bertz CT molecular complexity index is 483. The van der Waals surface area contributed by atoms with Gasteiger partial charge < -0.3 is 10.6 Å². The first-order valence-corrected chi connectivity index (χ1v) is 7.81. The predicted octanol–water partition coefficient (Wildman–Crippen LogP) is 2.38. The molecule has 0 saturated heterocycles. The molecule has 0 aliphatic carbocycles. The molecular formula is C17H27N3O2. The van der Waals surface area contributed by atoms with Crippen molar-refractivity contribution in [2.24, 2.45) is 5.92 Å². The summed E-state index contributed by atoms with van der Waals surface area (Å²) in [4.78, 5) is 22.8. The number of benzene rings is 1. The number of carbonyl (C=O) groups excluding carboxylic acids is 2. The Morgan fingerprint density at radius 1 is 1.14 bits per heavy atom. The quantitative estimate of drug-likeness (QED) is 0.724. The third-order valence-corrected chi connectivity index (χ3v) is 3.51. The first-order valence-electron chi connectivity index (χ1n) is 7.81. The third-order valence-electron chi connectivity index (χ3n) is 3.51. The number of aryl methyl sites for hydroxylation is 1. The van der Waals surface area contributed by atoms with Crippen molar-refractivity contribution in [3.8, 4) is 0 Å². The molecular weight excluding hydrogens is 278 g/mol. The highest BCUT2D eigenvalue weighted by molar-refractivity contribution is 5.95. The molecule has 0 aliphatic rings. The van der Waals surface area contributed by atoms with E-state index in [9.17, 15) is 9.59 Å². The molecule has 22 heavy (non-hydrogen) atoms. The summed E-state index contributed by atoms with van der Waals surface area (Å²) in [6.45, 7) is 6.48. The first-order chi connectivity index (χ1) is 10.5. The van der Waals surface area contributed by atoms with Gasteiger partial charge in [-0.2, -0.15) is 0 Å². The number of hydrogen-bond acceptors (Lipinski definition) is 3. The zero-order chi connectivity index (χ0) is 16.5. The van der Waals surface area contributed by atoms with Crippen molar-refractivity contribution in [1.29, 1.82) is 0 Å². The molecule has 5 heteroatoms. The molecule has 0 fully saturated rings. The van der Waals surface area contributed by atoms with Crippen LogP contribution in [-0.4, -0.2) is 25.5 Å². The van der Waals surface area contributed by atoms with Crippen LogP contribution in [0.15, 0.2) is 24.3 Å². The van der Waals surface area contributed by atoms with Crippen molar-refractivity contribution in [1.82, 2.24) is 16.0 Å². The maximum absolute atomic E-state index is 11.7. The van der Waals surface area contributed by atoms with E-state index in [1.165, 1.54) is 12.6 Å². The average Bonchev–Trinajstić information content (AvgIpc) is 2.48. The van der Waals surface area contributed by atoms with E-state index in [0.29, 0.717) is 5.92 Å². The summed E-state index contributed by atoms with van der Waals surface area (Å²) < 4.78 is 0. The van der Waals surface area contributed by atoms with Crippen LogP contribution in [0.25, 0.3) is 0 Å². The van der Waals surface area contributed by atoms with Gasteiger partial charge in [0.15, 0.2) is 0 Å². The van der Waals surface area contributed by atoms with Gasteiger partial charge in [-0.05, 0) is 23.5 Å². The topological polar surface area (TPSA) is 70.2 Å². The second-order valence-electron chi connectivity index (χ2n) is 5.72.